The normalized spacial score (nSPS) is 9.18. The smallest absolute Gasteiger partial charge is 0.269 e. The Balaban J connectivity index is 2.69. The fourth-order valence-electron chi connectivity index (χ4n) is 0.748. The van der Waals surface area contributed by atoms with E-state index < -0.39 is 0 Å². The fraction of sp³-hybridized carbons (Fsp3) is 0.250. The topological polar surface area (TPSA) is 42.0 Å². The molecule has 0 fully saturated rings. The van der Waals surface area contributed by atoms with E-state index >= 15 is 0 Å². The van der Waals surface area contributed by atoms with Crippen LogP contribution in [-0.4, -0.2) is 17.4 Å². The summed E-state index contributed by atoms with van der Waals surface area (Å²) in [7, 11) is 0. The molecule has 0 aliphatic heterocycles. The van der Waals surface area contributed by atoms with Crippen molar-refractivity contribution in [2.75, 3.05) is 6.54 Å². The fourth-order valence-corrected chi connectivity index (χ4v) is 0.748. The monoisotopic (exact) mass is 150 g/mol. The van der Waals surface area contributed by atoms with Crippen molar-refractivity contribution in [3.8, 4) is 0 Å². The van der Waals surface area contributed by atoms with E-state index in [0.29, 0.717) is 12.2 Å². The molecule has 0 bridgehead atoms. The maximum absolute atomic E-state index is 11.1. The Morgan fingerprint density at radius 2 is 2.45 bits per heavy atom. The molecular formula is C8H10N2O. The van der Waals surface area contributed by atoms with E-state index in [1.165, 1.54) is 0 Å². The summed E-state index contributed by atoms with van der Waals surface area (Å²) >= 11 is 0. The van der Waals surface area contributed by atoms with Gasteiger partial charge in [-0.1, -0.05) is 6.07 Å². The van der Waals surface area contributed by atoms with Gasteiger partial charge < -0.3 is 5.32 Å². The van der Waals surface area contributed by atoms with Crippen LogP contribution >= 0.6 is 0 Å². The second kappa shape index (κ2) is 3.71. The lowest BCUT2D eigenvalue weighted by molar-refractivity contribution is 0.0951. The zero-order chi connectivity index (χ0) is 8.10. The average molecular weight is 150 g/mol. The predicted octanol–water partition coefficient (Wildman–Crippen LogP) is 0.831. The van der Waals surface area contributed by atoms with Crippen molar-refractivity contribution in [1.82, 2.24) is 10.3 Å². The molecule has 11 heavy (non-hydrogen) atoms. The van der Waals surface area contributed by atoms with Gasteiger partial charge in [-0.25, -0.2) is 0 Å². The van der Waals surface area contributed by atoms with E-state index in [0.717, 1.165) is 0 Å². The molecule has 3 nitrogen and oxygen atoms in total. The van der Waals surface area contributed by atoms with Crippen LogP contribution in [0.25, 0.3) is 0 Å². The number of carbonyl (C=O) groups is 1. The zero-order valence-corrected chi connectivity index (χ0v) is 6.37. The Kier molecular flexibility index (Phi) is 2.60. The van der Waals surface area contributed by atoms with Crippen molar-refractivity contribution in [3.63, 3.8) is 0 Å². The van der Waals surface area contributed by atoms with E-state index in [4.69, 9.17) is 0 Å². The Bertz CT molecular complexity index is 233. The number of hydrogen-bond donors (Lipinski definition) is 1. The summed E-state index contributed by atoms with van der Waals surface area (Å²) in [4.78, 5) is 15.0. The highest BCUT2D eigenvalue weighted by atomic mass is 16.1. The molecular weight excluding hydrogens is 140 g/mol. The van der Waals surface area contributed by atoms with Crippen LogP contribution in [0.4, 0.5) is 0 Å². The highest BCUT2D eigenvalue weighted by Crippen LogP contribution is 1.91. The van der Waals surface area contributed by atoms with Crippen molar-refractivity contribution in [2.45, 2.75) is 6.92 Å². The van der Waals surface area contributed by atoms with Crippen molar-refractivity contribution in [3.05, 3.63) is 30.1 Å². The first kappa shape index (κ1) is 7.72. The number of nitrogens with one attached hydrogen (secondary N) is 1. The number of hydrogen-bond acceptors (Lipinski definition) is 2. The van der Waals surface area contributed by atoms with Gasteiger partial charge in [0.15, 0.2) is 0 Å². The van der Waals surface area contributed by atoms with Gasteiger partial charge in [0.2, 0.25) is 0 Å². The predicted molar refractivity (Wildman–Crippen MR) is 42.2 cm³/mol. The molecule has 0 saturated heterocycles. The molecule has 3 heteroatoms. The van der Waals surface area contributed by atoms with E-state index in [-0.39, 0.29) is 5.91 Å². The number of pyridine rings is 1. The molecule has 0 aromatic carbocycles. The van der Waals surface area contributed by atoms with Gasteiger partial charge in [0.05, 0.1) is 0 Å². The van der Waals surface area contributed by atoms with Gasteiger partial charge >= 0.3 is 0 Å². The maximum atomic E-state index is 11.1. The summed E-state index contributed by atoms with van der Waals surface area (Å²) in [6.45, 7) is 2.51. The summed E-state index contributed by atoms with van der Waals surface area (Å²) in [5.74, 6) is -0.117. The number of aromatic nitrogens is 1. The molecule has 0 unspecified atom stereocenters. The second-order valence-electron chi connectivity index (χ2n) is 2.07. The van der Waals surface area contributed by atoms with Crippen LogP contribution in [0.2, 0.25) is 0 Å². The molecule has 1 rings (SSSR count). The van der Waals surface area contributed by atoms with Gasteiger partial charge in [0.1, 0.15) is 5.69 Å². The van der Waals surface area contributed by atoms with Gasteiger partial charge in [-0.15, -0.1) is 0 Å². The third-order valence-electron chi connectivity index (χ3n) is 1.23. The van der Waals surface area contributed by atoms with Crippen LogP contribution in [-0.2, 0) is 0 Å². The molecule has 0 atom stereocenters. The third kappa shape index (κ3) is 2.04. The molecule has 0 aliphatic rings. The first-order valence-corrected chi connectivity index (χ1v) is 3.54. The minimum Gasteiger partial charge on any atom is -0.351 e. The maximum Gasteiger partial charge on any atom is 0.269 e. The molecule has 0 radical (unpaired) electrons. The van der Waals surface area contributed by atoms with Gasteiger partial charge in [0.25, 0.3) is 5.91 Å². The minimum atomic E-state index is -0.117. The van der Waals surface area contributed by atoms with Crippen LogP contribution in [0, 0.1) is 0 Å². The number of amides is 1. The van der Waals surface area contributed by atoms with Crippen molar-refractivity contribution in [2.24, 2.45) is 0 Å². The van der Waals surface area contributed by atoms with Gasteiger partial charge in [-0.3, -0.25) is 9.78 Å². The van der Waals surface area contributed by atoms with Gasteiger partial charge in [-0.05, 0) is 19.1 Å². The Morgan fingerprint density at radius 1 is 1.64 bits per heavy atom. The van der Waals surface area contributed by atoms with E-state index in [1.807, 2.05) is 6.92 Å². The lowest BCUT2D eigenvalue weighted by atomic mass is 10.3. The highest BCUT2D eigenvalue weighted by molar-refractivity contribution is 5.92. The summed E-state index contributed by atoms with van der Waals surface area (Å²) in [6.07, 6.45) is 1.60. The Morgan fingerprint density at radius 3 is 3.00 bits per heavy atom. The molecule has 1 amide bonds. The zero-order valence-electron chi connectivity index (χ0n) is 6.37. The lowest BCUT2D eigenvalue weighted by Gasteiger charge is -1.98. The van der Waals surface area contributed by atoms with Crippen molar-refractivity contribution < 1.29 is 4.79 Å². The summed E-state index contributed by atoms with van der Waals surface area (Å²) < 4.78 is 0. The van der Waals surface area contributed by atoms with Crippen molar-refractivity contribution >= 4 is 5.91 Å². The van der Waals surface area contributed by atoms with Crippen LogP contribution in [0.15, 0.2) is 24.4 Å². The van der Waals surface area contributed by atoms with Crippen LogP contribution in [0.5, 0.6) is 0 Å². The van der Waals surface area contributed by atoms with Crippen molar-refractivity contribution in [1.29, 1.82) is 0 Å². The largest absolute Gasteiger partial charge is 0.351 e. The first-order chi connectivity index (χ1) is 5.34. The quantitative estimate of drug-likeness (QED) is 0.678. The average Bonchev–Trinajstić information content (AvgIpc) is 2.07. The highest BCUT2D eigenvalue weighted by Gasteiger charge is 2.01. The Hall–Kier alpha value is -1.38. The molecule has 1 heterocycles. The van der Waals surface area contributed by atoms with Gasteiger partial charge in [-0.2, -0.15) is 0 Å². The molecule has 1 aromatic heterocycles. The first-order valence-electron chi connectivity index (χ1n) is 3.54. The molecule has 0 aliphatic carbocycles. The number of nitrogens with zero attached hydrogens (tertiary/aromatic N) is 1. The van der Waals surface area contributed by atoms with Gasteiger partial charge in [0, 0.05) is 12.7 Å². The van der Waals surface area contributed by atoms with E-state index in [2.05, 4.69) is 10.3 Å². The standard InChI is InChI=1S/C8H10N2O/c1-2-9-8(11)7-5-3-4-6-10-7/h3-6H,2H2,1H3,(H,9,11). The molecule has 58 valence electrons. The van der Waals surface area contributed by atoms with E-state index in [1.54, 1.807) is 24.4 Å². The molecule has 1 aromatic rings. The molecule has 0 spiro atoms. The second-order valence-corrected chi connectivity index (χ2v) is 2.07. The van der Waals surface area contributed by atoms with Crippen LogP contribution in [0.1, 0.15) is 17.4 Å². The molecule has 0 saturated carbocycles. The summed E-state index contributed by atoms with van der Waals surface area (Å²) in [5, 5.41) is 2.66. The molecule has 1 N–H and O–H groups in total. The number of carbonyl (C=O) groups excluding carboxylic acids is 1. The third-order valence-corrected chi connectivity index (χ3v) is 1.23. The number of rotatable bonds is 2. The SMILES string of the molecule is CCNC(=O)c1ccccn1. The van der Waals surface area contributed by atoms with Crippen LogP contribution in [0.3, 0.4) is 0 Å². The Labute approximate surface area is 65.5 Å². The van der Waals surface area contributed by atoms with E-state index in [9.17, 15) is 4.79 Å². The summed E-state index contributed by atoms with van der Waals surface area (Å²) in [6, 6.07) is 5.26. The lowest BCUT2D eigenvalue weighted by Crippen LogP contribution is -2.23. The van der Waals surface area contributed by atoms with Crippen LogP contribution < -0.4 is 5.32 Å². The summed E-state index contributed by atoms with van der Waals surface area (Å²) in [5.41, 5.74) is 0.467. The minimum absolute atomic E-state index is 0.117.